The Balaban J connectivity index is 1.58. The zero-order valence-corrected chi connectivity index (χ0v) is 21.3. The van der Waals surface area contributed by atoms with E-state index in [-0.39, 0.29) is 5.91 Å². The number of aryl methyl sites for hydroxylation is 1. The van der Waals surface area contributed by atoms with E-state index in [0.29, 0.717) is 27.3 Å². The number of thiocarbonyl (C=S) groups is 1. The molecule has 1 aliphatic heterocycles. The van der Waals surface area contributed by atoms with Gasteiger partial charge in [-0.3, -0.25) is 9.69 Å². The van der Waals surface area contributed by atoms with Crippen molar-refractivity contribution < 1.29 is 14.3 Å². The molecule has 1 heterocycles. The number of nitrogens with zero attached hydrogens (tertiary/aromatic N) is 1. The normalized spacial score (nSPS) is 14.8. The molecule has 7 heteroatoms. The summed E-state index contributed by atoms with van der Waals surface area (Å²) >= 11 is 9.01. The van der Waals surface area contributed by atoms with Crippen molar-refractivity contribution >= 4 is 68.6 Å². The van der Waals surface area contributed by atoms with Crippen molar-refractivity contribution in [3.63, 3.8) is 0 Å². The topological polar surface area (TPSA) is 38.8 Å². The van der Waals surface area contributed by atoms with Gasteiger partial charge in [0, 0.05) is 0 Å². The molecule has 4 nitrogen and oxygen atoms in total. The first-order valence-corrected chi connectivity index (χ1v) is 12.2. The van der Waals surface area contributed by atoms with Crippen LogP contribution in [0.25, 0.3) is 6.08 Å². The zero-order chi connectivity index (χ0) is 22.7. The quantitative estimate of drug-likeness (QED) is 0.189. The molecule has 3 aromatic rings. The standard InChI is InChI=1S/C25H20INO3S2/c1-16-8-10-19(11-9-16)27-24(28)22(32-25(27)31)14-18-12-20(26)23(21(13-18)29-2)30-15-17-6-4-3-5-7-17/h3-14H,15H2,1-2H3/b22-14-. The van der Waals surface area contributed by atoms with Crippen LogP contribution in [0.3, 0.4) is 0 Å². The van der Waals surface area contributed by atoms with Crippen LogP contribution in [-0.4, -0.2) is 17.3 Å². The number of rotatable bonds is 6. The van der Waals surface area contributed by atoms with E-state index in [9.17, 15) is 4.79 Å². The summed E-state index contributed by atoms with van der Waals surface area (Å²) in [6.45, 7) is 2.46. The second-order valence-electron chi connectivity index (χ2n) is 7.16. The Morgan fingerprint density at radius 3 is 2.50 bits per heavy atom. The van der Waals surface area contributed by atoms with Crippen molar-refractivity contribution in [1.82, 2.24) is 0 Å². The van der Waals surface area contributed by atoms with Crippen molar-refractivity contribution in [3.8, 4) is 11.5 Å². The van der Waals surface area contributed by atoms with E-state index in [1.54, 1.807) is 12.0 Å². The van der Waals surface area contributed by atoms with Crippen LogP contribution < -0.4 is 14.4 Å². The molecule has 0 aliphatic carbocycles. The first kappa shape index (κ1) is 22.8. The van der Waals surface area contributed by atoms with Crippen molar-refractivity contribution in [2.75, 3.05) is 12.0 Å². The molecule has 0 bridgehead atoms. The number of thioether (sulfide) groups is 1. The molecule has 4 rings (SSSR count). The number of amides is 1. The number of hydrogen-bond donors (Lipinski definition) is 0. The molecular formula is C25H20INO3S2. The number of halogens is 1. The van der Waals surface area contributed by atoms with E-state index in [4.69, 9.17) is 21.7 Å². The predicted octanol–water partition coefficient (Wildman–Crippen LogP) is 6.59. The van der Waals surface area contributed by atoms with Gasteiger partial charge >= 0.3 is 0 Å². The van der Waals surface area contributed by atoms with Gasteiger partial charge in [0.15, 0.2) is 15.8 Å². The van der Waals surface area contributed by atoms with E-state index >= 15 is 0 Å². The average molecular weight is 573 g/mol. The maximum atomic E-state index is 13.1. The van der Waals surface area contributed by atoms with E-state index in [1.807, 2.05) is 79.7 Å². The third kappa shape index (κ3) is 5.00. The van der Waals surface area contributed by atoms with Crippen molar-refractivity contribution in [3.05, 3.63) is 91.9 Å². The smallest absolute Gasteiger partial charge is 0.270 e. The minimum Gasteiger partial charge on any atom is -0.493 e. The molecule has 3 aromatic carbocycles. The monoisotopic (exact) mass is 573 g/mol. The van der Waals surface area contributed by atoms with Crippen LogP contribution >= 0.6 is 46.6 Å². The molecular weight excluding hydrogens is 553 g/mol. The van der Waals surface area contributed by atoms with E-state index in [1.165, 1.54) is 11.8 Å². The fraction of sp³-hybridized carbons (Fsp3) is 0.120. The molecule has 32 heavy (non-hydrogen) atoms. The molecule has 0 aromatic heterocycles. The highest BCUT2D eigenvalue weighted by molar-refractivity contribution is 14.1. The largest absolute Gasteiger partial charge is 0.493 e. The van der Waals surface area contributed by atoms with E-state index in [2.05, 4.69) is 22.6 Å². The summed E-state index contributed by atoms with van der Waals surface area (Å²) < 4.78 is 13.0. The average Bonchev–Trinajstić information content (AvgIpc) is 3.06. The van der Waals surface area contributed by atoms with Gasteiger partial charge in [-0.1, -0.05) is 72.0 Å². The van der Waals surface area contributed by atoms with Crippen LogP contribution in [0.2, 0.25) is 0 Å². The van der Waals surface area contributed by atoms with Crippen molar-refractivity contribution in [2.45, 2.75) is 13.5 Å². The first-order chi connectivity index (χ1) is 15.5. The summed E-state index contributed by atoms with van der Waals surface area (Å²) in [5.41, 5.74) is 3.83. The SMILES string of the molecule is COc1cc(/C=C2\SC(=S)N(c3ccc(C)cc3)C2=O)cc(I)c1OCc1ccccc1. The molecule has 0 saturated carbocycles. The third-order valence-electron chi connectivity index (χ3n) is 4.86. The molecule has 1 aliphatic rings. The zero-order valence-electron chi connectivity index (χ0n) is 17.5. The summed E-state index contributed by atoms with van der Waals surface area (Å²) in [6.07, 6.45) is 1.85. The van der Waals surface area contributed by atoms with Gasteiger partial charge in [-0.15, -0.1) is 0 Å². The van der Waals surface area contributed by atoms with Crippen molar-refractivity contribution in [2.24, 2.45) is 0 Å². The highest BCUT2D eigenvalue weighted by Gasteiger charge is 2.33. The lowest BCUT2D eigenvalue weighted by atomic mass is 10.1. The molecule has 1 amide bonds. The van der Waals surface area contributed by atoms with E-state index in [0.717, 1.165) is 25.9 Å². The van der Waals surface area contributed by atoms with Gasteiger partial charge in [-0.2, -0.15) is 0 Å². The Morgan fingerprint density at radius 2 is 1.81 bits per heavy atom. The number of anilines is 1. The van der Waals surface area contributed by atoms with Gasteiger partial charge < -0.3 is 9.47 Å². The number of carbonyl (C=O) groups excluding carboxylic acids is 1. The molecule has 0 N–H and O–H groups in total. The lowest BCUT2D eigenvalue weighted by Crippen LogP contribution is -2.27. The Hall–Kier alpha value is -2.36. The van der Waals surface area contributed by atoms with Gasteiger partial charge in [0.25, 0.3) is 5.91 Å². The predicted molar refractivity (Wildman–Crippen MR) is 143 cm³/mol. The number of hydrogen-bond acceptors (Lipinski definition) is 5. The molecule has 0 unspecified atom stereocenters. The second-order valence-corrected chi connectivity index (χ2v) is 10.00. The number of benzene rings is 3. The fourth-order valence-corrected chi connectivity index (χ4v) is 5.31. The Bertz CT molecular complexity index is 1190. The minimum atomic E-state index is -0.123. The Labute approximate surface area is 210 Å². The number of carbonyl (C=O) groups is 1. The van der Waals surface area contributed by atoms with Crippen LogP contribution in [0.15, 0.2) is 71.6 Å². The summed E-state index contributed by atoms with van der Waals surface area (Å²) in [7, 11) is 1.61. The maximum Gasteiger partial charge on any atom is 0.270 e. The van der Waals surface area contributed by atoms with Gasteiger partial charge in [0.05, 0.1) is 21.3 Å². The molecule has 1 fully saturated rings. The van der Waals surface area contributed by atoms with Gasteiger partial charge in [0.2, 0.25) is 0 Å². The molecule has 0 atom stereocenters. The summed E-state index contributed by atoms with van der Waals surface area (Å²) in [5.74, 6) is 1.18. The summed E-state index contributed by atoms with van der Waals surface area (Å²) in [4.78, 5) is 15.2. The molecule has 1 saturated heterocycles. The number of methoxy groups -OCH3 is 1. The molecule has 0 spiro atoms. The second kappa shape index (κ2) is 10.1. The first-order valence-electron chi connectivity index (χ1n) is 9.85. The van der Waals surface area contributed by atoms with Crippen LogP contribution in [0.5, 0.6) is 11.5 Å². The Morgan fingerprint density at radius 1 is 1.09 bits per heavy atom. The molecule has 162 valence electrons. The van der Waals surface area contributed by atoms with Gasteiger partial charge in [0.1, 0.15) is 6.61 Å². The lowest BCUT2D eigenvalue weighted by molar-refractivity contribution is -0.113. The third-order valence-corrected chi connectivity index (χ3v) is 6.96. The van der Waals surface area contributed by atoms with Gasteiger partial charge in [-0.25, -0.2) is 0 Å². The summed E-state index contributed by atoms with van der Waals surface area (Å²) in [6, 6.07) is 21.6. The lowest BCUT2D eigenvalue weighted by Gasteiger charge is -2.15. The maximum absolute atomic E-state index is 13.1. The highest BCUT2D eigenvalue weighted by Crippen LogP contribution is 2.39. The minimum absolute atomic E-state index is 0.123. The number of ether oxygens (including phenoxy) is 2. The van der Waals surface area contributed by atoms with E-state index < -0.39 is 0 Å². The van der Waals surface area contributed by atoms with Crippen LogP contribution in [0.4, 0.5) is 5.69 Å². The van der Waals surface area contributed by atoms with Crippen LogP contribution in [0.1, 0.15) is 16.7 Å². The van der Waals surface area contributed by atoms with Crippen LogP contribution in [-0.2, 0) is 11.4 Å². The highest BCUT2D eigenvalue weighted by atomic mass is 127. The summed E-state index contributed by atoms with van der Waals surface area (Å²) in [5, 5.41) is 0. The Kier molecular flexibility index (Phi) is 7.17. The fourth-order valence-electron chi connectivity index (χ4n) is 3.23. The molecule has 0 radical (unpaired) electrons. The van der Waals surface area contributed by atoms with Crippen LogP contribution in [0, 0.1) is 10.5 Å². The van der Waals surface area contributed by atoms with Crippen molar-refractivity contribution in [1.29, 1.82) is 0 Å². The van der Waals surface area contributed by atoms with Gasteiger partial charge in [-0.05, 0) is 71.0 Å².